The largest absolute Gasteiger partial charge is 0.497 e. The van der Waals surface area contributed by atoms with Gasteiger partial charge in [-0.25, -0.2) is 0 Å². The van der Waals surface area contributed by atoms with E-state index in [9.17, 15) is 5.11 Å². The maximum absolute atomic E-state index is 9.89. The first-order chi connectivity index (χ1) is 10.7. The van der Waals surface area contributed by atoms with Gasteiger partial charge < -0.3 is 14.6 Å². The number of ether oxygens (including phenoxy) is 2. The van der Waals surface area contributed by atoms with E-state index in [1.54, 1.807) is 7.11 Å². The molecule has 22 heavy (non-hydrogen) atoms. The SMILES string of the molecule is CCOC[C@@H](O)CN1CCN(Cc2ccc(OC)cc2)CC1. The zero-order valence-electron chi connectivity index (χ0n) is 13.7. The van der Waals surface area contributed by atoms with Crippen molar-refractivity contribution in [3.63, 3.8) is 0 Å². The second kappa shape index (κ2) is 9.10. The number of nitrogens with zero attached hydrogens (tertiary/aromatic N) is 2. The van der Waals surface area contributed by atoms with Gasteiger partial charge in [-0.3, -0.25) is 9.80 Å². The summed E-state index contributed by atoms with van der Waals surface area (Å²) < 4.78 is 10.4. The predicted molar refractivity (Wildman–Crippen MR) is 87.2 cm³/mol. The van der Waals surface area contributed by atoms with Crippen LogP contribution in [0.3, 0.4) is 0 Å². The summed E-state index contributed by atoms with van der Waals surface area (Å²) in [6.45, 7) is 8.79. The van der Waals surface area contributed by atoms with Crippen LogP contribution in [-0.2, 0) is 11.3 Å². The number of rotatable bonds is 8. The summed E-state index contributed by atoms with van der Waals surface area (Å²) in [7, 11) is 1.69. The van der Waals surface area contributed by atoms with Crippen molar-refractivity contribution in [2.24, 2.45) is 0 Å². The number of β-amino-alcohol motifs (C(OH)–C–C–N with tert-alkyl or cyclic N) is 1. The molecule has 1 heterocycles. The van der Waals surface area contributed by atoms with Crippen LogP contribution in [0.2, 0.25) is 0 Å². The lowest BCUT2D eigenvalue weighted by atomic mass is 10.2. The van der Waals surface area contributed by atoms with Crippen LogP contribution in [0.4, 0.5) is 0 Å². The molecule has 0 aliphatic carbocycles. The molecule has 0 amide bonds. The minimum absolute atomic E-state index is 0.381. The molecule has 1 N–H and O–H groups in total. The van der Waals surface area contributed by atoms with Gasteiger partial charge in [-0.15, -0.1) is 0 Å². The molecular weight excluding hydrogens is 280 g/mol. The number of aliphatic hydroxyl groups is 1. The molecule has 5 heteroatoms. The molecule has 1 aromatic rings. The first kappa shape index (κ1) is 17.2. The fraction of sp³-hybridized carbons (Fsp3) is 0.647. The summed E-state index contributed by atoms with van der Waals surface area (Å²) in [5, 5.41) is 9.89. The van der Waals surface area contributed by atoms with Crippen LogP contribution in [0.25, 0.3) is 0 Å². The number of aliphatic hydroxyl groups excluding tert-OH is 1. The average molecular weight is 308 g/mol. The number of hydrogen-bond donors (Lipinski definition) is 1. The molecule has 0 saturated carbocycles. The Morgan fingerprint density at radius 2 is 1.73 bits per heavy atom. The minimum Gasteiger partial charge on any atom is -0.497 e. The van der Waals surface area contributed by atoms with E-state index in [2.05, 4.69) is 21.9 Å². The molecule has 1 atom stereocenters. The summed E-state index contributed by atoms with van der Waals surface area (Å²) in [5.74, 6) is 0.900. The summed E-state index contributed by atoms with van der Waals surface area (Å²) >= 11 is 0. The van der Waals surface area contributed by atoms with E-state index in [4.69, 9.17) is 9.47 Å². The zero-order chi connectivity index (χ0) is 15.8. The van der Waals surface area contributed by atoms with Crippen molar-refractivity contribution in [2.45, 2.75) is 19.6 Å². The highest BCUT2D eigenvalue weighted by Crippen LogP contribution is 2.14. The molecule has 1 aliphatic heterocycles. The molecule has 1 aromatic carbocycles. The highest BCUT2D eigenvalue weighted by molar-refractivity contribution is 5.27. The van der Waals surface area contributed by atoms with E-state index >= 15 is 0 Å². The van der Waals surface area contributed by atoms with Gasteiger partial charge in [0.15, 0.2) is 0 Å². The molecule has 2 rings (SSSR count). The minimum atomic E-state index is -0.381. The van der Waals surface area contributed by atoms with Gasteiger partial charge in [0.05, 0.1) is 19.8 Å². The van der Waals surface area contributed by atoms with Crippen molar-refractivity contribution < 1.29 is 14.6 Å². The van der Waals surface area contributed by atoms with Crippen molar-refractivity contribution in [1.82, 2.24) is 9.80 Å². The Morgan fingerprint density at radius 1 is 1.09 bits per heavy atom. The van der Waals surface area contributed by atoms with Crippen molar-refractivity contribution in [3.05, 3.63) is 29.8 Å². The lowest BCUT2D eigenvalue weighted by Gasteiger charge is -2.35. The van der Waals surface area contributed by atoms with Crippen molar-refractivity contribution in [3.8, 4) is 5.75 Å². The Morgan fingerprint density at radius 3 is 2.32 bits per heavy atom. The first-order valence-electron chi connectivity index (χ1n) is 8.04. The van der Waals surface area contributed by atoms with E-state index in [0.29, 0.717) is 19.8 Å². The first-order valence-corrected chi connectivity index (χ1v) is 8.04. The zero-order valence-corrected chi connectivity index (χ0v) is 13.7. The number of piperazine rings is 1. The topological polar surface area (TPSA) is 45.2 Å². The molecule has 124 valence electrons. The molecule has 0 radical (unpaired) electrons. The Labute approximate surface area is 133 Å². The summed E-state index contributed by atoms with van der Waals surface area (Å²) in [6.07, 6.45) is -0.381. The highest BCUT2D eigenvalue weighted by Gasteiger charge is 2.19. The molecule has 5 nitrogen and oxygen atoms in total. The van der Waals surface area contributed by atoms with Crippen LogP contribution in [0.5, 0.6) is 5.75 Å². The average Bonchev–Trinajstić information content (AvgIpc) is 2.55. The van der Waals surface area contributed by atoms with E-state index in [1.807, 2.05) is 19.1 Å². The van der Waals surface area contributed by atoms with Gasteiger partial charge in [0.25, 0.3) is 0 Å². The summed E-state index contributed by atoms with van der Waals surface area (Å²) in [5.41, 5.74) is 1.31. The molecule has 1 saturated heterocycles. The number of hydrogen-bond acceptors (Lipinski definition) is 5. The Kier molecular flexibility index (Phi) is 7.12. The van der Waals surface area contributed by atoms with E-state index < -0.39 is 0 Å². The third-order valence-corrected chi connectivity index (χ3v) is 4.01. The van der Waals surface area contributed by atoms with E-state index in [-0.39, 0.29) is 6.10 Å². The van der Waals surface area contributed by atoms with Gasteiger partial charge in [0, 0.05) is 45.9 Å². The van der Waals surface area contributed by atoms with Crippen molar-refractivity contribution >= 4 is 0 Å². The summed E-state index contributed by atoms with van der Waals surface area (Å²) in [6, 6.07) is 8.26. The van der Waals surface area contributed by atoms with Gasteiger partial charge >= 0.3 is 0 Å². The Bertz CT molecular complexity index is 416. The number of methoxy groups -OCH3 is 1. The van der Waals surface area contributed by atoms with Crippen LogP contribution >= 0.6 is 0 Å². The number of benzene rings is 1. The maximum atomic E-state index is 9.89. The molecule has 1 fully saturated rings. The fourth-order valence-electron chi connectivity index (χ4n) is 2.72. The van der Waals surface area contributed by atoms with E-state index in [1.165, 1.54) is 5.56 Å². The molecule has 1 aliphatic rings. The van der Waals surface area contributed by atoms with Gasteiger partial charge in [0.1, 0.15) is 5.75 Å². The maximum Gasteiger partial charge on any atom is 0.118 e. The second-order valence-electron chi connectivity index (χ2n) is 5.74. The normalized spacial score (nSPS) is 18.3. The smallest absolute Gasteiger partial charge is 0.118 e. The Balaban J connectivity index is 1.70. The standard InChI is InChI=1S/C17H28N2O3/c1-3-22-14-16(20)13-19-10-8-18(9-11-19)12-15-4-6-17(21-2)7-5-15/h4-7,16,20H,3,8-14H2,1-2H3/t16-/m0/s1. The molecular formula is C17H28N2O3. The van der Waals surface area contributed by atoms with Gasteiger partial charge in [0.2, 0.25) is 0 Å². The quantitative estimate of drug-likeness (QED) is 0.782. The van der Waals surface area contributed by atoms with E-state index in [0.717, 1.165) is 38.5 Å². The van der Waals surface area contributed by atoms with Crippen LogP contribution < -0.4 is 4.74 Å². The van der Waals surface area contributed by atoms with Crippen LogP contribution in [0, 0.1) is 0 Å². The third-order valence-electron chi connectivity index (χ3n) is 4.01. The highest BCUT2D eigenvalue weighted by atomic mass is 16.5. The monoisotopic (exact) mass is 308 g/mol. The van der Waals surface area contributed by atoms with Gasteiger partial charge in [-0.2, -0.15) is 0 Å². The molecule has 0 spiro atoms. The summed E-state index contributed by atoms with van der Waals surface area (Å²) in [4.78, 5) is 4.77. The molecule has 0 unspecified atom stereocenters. The van der Waals surface area contributed by atoms with Crippen LogP contribution in [0.15, 0.2) is 24.3 Å². The van der Waals surface area contributed by atoms with Gasteiger partial charge in [-0.05, 0) is 24.6 Å². The predicted octanol–water partition coefficient (Wildman–Crippen LogP) is 1.21. The molecule has 0 aromatic heterocycles. The third kappa shape index (κ3) is 5.57. The van der Waals surface area contributed by atoms with Crippen molar-refractivity contribution in [1.29, 1.82) is 0 Å². The van der Waals surface area contributed by atoms with Crippen LogP contribution in [0.1, 0.15) is 12.5 Å². The second-order valence-corrected chi connectivity index (χ2v) is 5.74. The molecule has 0 bridgehead atoms. The lowest BCUT2D eigenvalue weighted by Crippen LogP contribution is -2.48. The van der Waals surface area contributed by atoms with Gasteiger partial charge in [-0.1, -0.05) is 12.1 Å². The van der Waals surface area contributed by atoms with Crippen LogP contribution in [-0.4, -0.2) is 74.1 Å². The van der Waals surface area contributed by atoms with Crippen molar-refractivity contribution in [2.75, 3.05) is 53.0 Å². The fourth-order valence-corrected chi connectivity index (χ4v) is 2.72. The Hall–Kier alpha value is -1.14. The lowest BCUT2D eigenvalue weighted by molar-refractivity contribution is 0.0101.